The van der Waals surface area contributed by atoms with Crippen LogP contribution in [0.15, 0.2) is 18.2 Å². The highest BCUT2D eigenvalue weighted by atomic mass is 16.5. The fourth-order valence-corrected chi connectivity index (χ4v) is 2.79. The van der Waals surface area contributed by atoms with Crippen molar-refractivity contribution in [1.29, 1.82) is 0 Å². The summed E-state index contributed by atoms with van der Waals surface area (Å²) in [5.41, 5.74) is 7.96. The predicted molar refractivity (Wildman–Crippen MR) is 73.3 cm³/mol. The highest BCUT2D eigenvalue weighted by Gasteiger charge is 2.27. The number of amides is 1. The van der Waals surface area contributed by atoms with Gasteiger partial charge in [0.1, 0.15) is 5.75 Å². The second-order valence-corrected chi connectivity index (χ2v) is 5.60. The maximum Gasteiger partial charge on any atom is 0.253 e. The average Bonchev–Trinajstić information content (AvgIpc) is 2.88. The number of benzene rings is 1. The van der Waals surface area contributed by atoms with Gasteiger partial charge in [-0.1, -0.05) is 6.92 Å². The summed E-state index contributed by atoms with van der Waals surface area (Å²) in [6.07, 6.45) is 1.88. The van der Waals surface area contributed by atoms with Gasteiger partial charge in [-0.05, 0) is 36.1 Å². The summed E-state index contributed by atoms with van der Waals surface area (Å²) in [7, 11) is 0. The molecule has 0 radical (unpaired) electrons. The summed E-state index contributed by atoms with van der Waals surface area (Å²) >= 11 is 0. The Balaban J connectivity index is 1.77. The first-order valence-electron chi connectivity index (χ1n) is 6.96. The van der Waals surface area contributed by atoms with E-state index in [4.69, 9.17) is 10.5 Å². The zero-order chi connectivity index (χ0) is 13.4. The van der Waals surface area contributed by atoms with Gasteiger partial charge in [0.15, 0.2) is 0 Å². The topological polar surface area (TPSA) is 55.6 Å². The molecule has 1 fully saturated rings. The van der Waals surface area contributed by atoms with Crippen molar-refractivity contribution in [3.8, 4) is 5.75 Å². The maximum absolute atomic E-state index is 12.5. The van der Waals surface area contributed by atoms with Crippen LogP contribution in [0, 0.1) is 5.92 Å². The number of hydrogen-bond acceptors (Lipinski definition) is 3. The Morgan fingerprint density at radius 1 is 1.47 bits per heavy atom. The molecule has 4 nitrogen and oxygen atoms in total. The molecule has 102 valence electrons. The van der Waals surface area contributed by atoms with E-state index < -0.39 is 0 Å². The van der Waals surface area contributed by atoms with Crippen molar-refractivity contribution >= 4 is 5.91 Å². The van der Waals surface area contributed by atoms with Crippen molar-refractivity contribution in [1.82, 2.24) is 4.90 Å². The van der Waals surface area contributed by atoms with Crippen LogP contribution in [0.3, 0.4) is 0 Å². The third-order valence-corrected chi connectivity index (χ3v) is 4.24. The summed E-state index contributed by atoms with van der Waals surface area (Å²) in [4.78, 5) is 14.4. The van der Waals surface area contributed by atoms with E-state index in [1.165, 1.54) is 0 Å². The molecule has 1 amide bonds. The molecule has 3 rings (SSSR count). The molecule has 0 saturated carbocycles. The number of likely N-dealkylation sites (tertiary alicyclic amines) is 1. The van der Waals surface area contributed by atoms with Crippen LogP contribution in [0.2, 0.25) is 0 Å². The van der Waals surface area contributed by atoms with Crippen LogP contribution in [0.1, 0.15) is 29.3 Å². The highest BCUT2D eigenvalue weighted by molar-refractivity contribution is 5.94. The smallest absolute Gasteiger partial charge is 0.253 e. The largest absolute Gasteiger partial charge is 0.493 e. The SMILES string of the molecule is CC1CCN(C(=O)c2ccc3c(c2)CCO3)CC1N. The van der Waals surface area contributed by atoms with Crippen LogP contribution in [-0.4, -0.2) is 36.5 Å². The van der Waals surface area contributed by atoms with Gasteiger partial charge < -0.3 is 15.4 Å². The van der Waals surface area contributed by atoms with Gasteiger partial charge in [0, 0.05) is 31.1 Å². The monoisotopic (exact) mass is 260 g/mol. The van der Waals surface area contributed by atoms with Crippen molar-refractivity contribution in [2.24, 2.45) is 11.7 Å². The van der Waals surface area contributed by atoms with Crippen molar-refractivity contribution in [3.05, 3.63) is 29.3 Å². The molecule has 1 saturated heterocycles. The second kappa shape index (κ2) is 4.85. The number of rotatable bonds is 1. The fraction of sp³-hybridized carbons (Fsp3) is 0.533. The normalized spacial score (nSPS) is 25.9. The number of ether oxygens (including phenoxy) is 1. The van der Waals surface area contributed by atoms with Gasteiger partial charge in [0.25, 0.3) is 5.91 Å². The van der Waals surface area contributed by atoms with Crippen LogP contribution in [-0.2, 0) is 6.42 Å². The molecule has 1 aromatic carbocycles. The molecular formula is C15H20N2O2. The molecule has 0 spiro atoms. The zero-order valence-corrected chi connectivity index (χ0v) is 11.3. The number of fused-ring (bicyclic) bond motifs is 1. The third-order valence-electron chi connectivity index (χ3n) is 4.24. The first-order valence-corrected chi connectivity index (χ1v) is 6.96. The number of hydrogen-bond donors (Lipinski definition) is 1. The molecule has 2 heterocycles. The summed E-state index contributed by atoms with van der Waals surface area (Å²) in [6, 6.07) is 5.82. The van der Waals surface area contributed by atoms with Crippen LogP contribution >= 0.6 is 0 Å². The van der Waals surface area contributed by atoms with Crippen molar-refractivity contribution in [3.63, 3.8) is 0 Å². The number of piperidine rings is 1. The van der Waals surface area contributed by atoms with E-state index in [0.717, 1.165) is 42.9 Å². The molecule has 2 aliphatic heterocycles. The van der Waals surface area contributed by atoms with Crippen molar-refractivity contribution in [2.45, 2.75) is 25.8 Å². The lowest BCUT2D eigenvalue weighted by molar-refractivity contribution is 0.0672. The third kappa shape index (κ3) is 2.32. The Labute approximate surface area is 113 Å². The molecule has 2 unspecified atom stereocenters. The highest BCUT2D eigenvalue weighted by Crippen LogP contribution is 2.27. The van der Waals surface area contributed by atoms with Crippen LogP contribution in [0.5, 0.6) is 5.75 Å². The lowest BCUT2D eigenvalue weighted by Crippen LogP contribution is -2.49. The van der Waals surface area contributed by atoms with Gasteiger partial charge in [0.2, 0.25) is 0 Å². The summed E-state index contributed by atoms with van der Waals surface area (Å²) in [5, 5.41) is 0. The molecule has 19 heavy (non-hydrogen) atoms. The molecule has 0 bridgehead atoms. The predicted octanol–water partition coefficient (Wildman–Crippen LogP) is 1.43. The fourth-order valence-electron chi connectivity index (χ4n) is 2.79. The zero-order valence-electron chi connectivity index (χ0n) is 11.3. The number of carbonyl (C=O) groups excluding carboxylic acids is 1. The average molecular weight is 260 g/mol. The van der Waals surface area contributed by atoms with Crippen LogP contribution in [0.25, 0.3) is 0 Å². The Kier molecular flexibility index (Phi) is 3.19. The van der Waals surface area contributed by atoms with Crippen molar-refractivity contribution < 1.29 is 9.53 Å². The van der Waals surface area contributed by atoms with Gasteiger partial charge in [0.05, 0.1) is 6.61 Å². The number of nitrogens with zero attached hydrogens (tertiary/aromatic N) is 1. The summed E-state index contributed by atoms with van der Waals surface area (Å²) in [6.45, 7) is 4.34. The lowest BCUT2D eigenvalue weighted by Gasteiger charge is -2.35. The molecule has 1 aromatic rings. The van der Waals surface area contributed by atoms with E-state index in [1.807, 2.05) is 23.1 Å². The van der Waals surface area contributed by atoms with E-state index in [-0.39, 0.29) is 11.9 Å². The van der Waals surface area contributed by atoms with Crippen molar-refractivity contribution in [2.75, 3.05) is 19.7 Å². The second-order valence-electron chi connectivity index (χ2n) is 5.60. The van der Waals surface area contributed by atoms with Gasteiger partial charge in [-0.3, -0.25) is 4.79 Å². The minimum Gasteiger partial charge on any atom is -0.493 e. The van der Waals surface area contributed by atoms with E-state index in [2.05, 4.69) is 6.92 Å². The molecule has 2 atom stereocenters. The van der Waals surface area contributed by atoms with Gasteiger partial charge in [-0.2, -0.15) is 0 Å². The van der Waals surface area contributed by atoms with E-state index in [0.29, 0.717) is 12.5 Å². The minimum absolute atomic E-state index is 0.0930. The quantitative estimate of drug-likeness (QED) is 0.831. The standard InChI is InChI=1S/C15H20N2O2/c1-10-4-6-17(9-13(10)16)15(18)12-2-3-14-11(8-12)5-7-19-14/h2-3,8,10,13H,4-7,9,16H2,1H3. The van der Waals surface area contributed by atoms with Gasteiger partial charge in [-0.15, -0.1) is 0 Å². The van der Waals surface area contributed by atoms with Gasteiger partial charge in [-0.25, -0.2) is 0 Å². The van der Waals surface area contributed by atoms with E-state index in [9.17, 15) is 4.79 Å². The molecule has 2 aliphatic rings. The van der Waals surface area contributed by atoms with E-state index in [1.54, 1.807) is 0 Å². The molecule has 0 aromatic heterocycles. The Morgan fingerprint density at radius 2 is 2.32 bits per heavy atom. The summed E-state index contributed by atoms with van der Waals surface area (Å²) < 4.78 is 5.46. The number of carbonyl (C=O) groups is 1. The minimum atomic E-state index is 0.0930. The first-order chi connectivity index (χ1) is 9.15. The molecule has 0 aliphatic carbocycles. The Morgan fingerprint density at radius 3 is 3.11 bits per heavy atom. The van der Waals surface area contributed by atoms with Crippen LogP contribution in [0.4, 0.5) is 0 Å². The molecular weight excluding hydrogens is 240 g/mol. The van der Waals surface area contributed by atoms with Crippen LogP contribution < -0.4 is 10.5 Å². The first kappa shape index (κ1) is 12.5. The number of nitrogens with two attached hydrogens (primary N) is 1. The Bertz CT molecular complexity index is 501. The molecule has 2 N–H and O–H groups in total. The maximum atomic E-state index is 12.5. The summed E-state index contributed by atoms with van der Waals surface area (Å²) in [5.74, 6) is 1.51. The lowest BCUT2D eigenvalue weighted by atomic mass is 9.94. The van der Waals surface area contributed by atoms with E-state index >= 15 is 0 Å². The Hall–Kier alpha value is -1.55. The molecule has 4 heteroatoms. The van der Waals surface area contributed by atoms with Gasteiger partial charge >= 0.3 is 0 Å².